The third-order valence-corrected chi connectivity index (χ3v) is 2.91. The number of nitrogens with two attached hydrogens (primary N) is 1. The fourth-order valence-corrected chi connectivity index (χ4v) is 1.80. The maximum absolute atomic E-state index is 5.91. The smallest absolute Gasteiger partial charge is 0.244 e. The lowest BCUT2D eigenvalue weighted by molar-refractivity contribution is 0.325. The summed E-state index contributed by atoms with van der Waals surface area (Å²) >= 11 is 1.61. The molecule has 0 saturated carbocycles. The minimum Gasteiger partial charge on any atom is -0.337 e. The Morgan fingerprint density at radius 3 is 2.87 bits per heavy atom. The van der Waals surface area contributed by atoms with Crippen molar-refractivity contribution in [3.05, 3.63) is 22.7 Å². The molecule has 0 aliphatic rings. The highest BCUT2D eigenvalue weighted by Gasteiger charge is 2.18. The third kappa shape index (κ3) is 2.08. The first kappa shape index (κ1) is 10.3. The molecule has 2 N–H and O–H groups in total. The van der Waals surface area contributed by atoms with E-state index in [1.54, 1.807) is 11.3 Å². The van der Waals surface area contributed by atoms with E-state index < -0.39 is 0 Å². The second-order valence-corrected chi connectivity index (χ2v) is 4.52. The van der Waals surface area contributed by atoms with Crippen LogP contribution in [0.2, 0.25) is 0 Å². The monoisotopic (exact) mass is 223 g/mol. The molecule has 0 saturated heterocycles. The highest BCUT2D eigenvalue weighted by atomic mass is 32.1. The second-order valence-electron chi connectivity index (χ2n) is 3.74. The lowest BCUT2D eigenvalue weighted by Gasteiger charge is -2.08. The van der Waals surface area contributed by atoms with Crippen molar-refractivity contribution in [2.75, 3.05) is 0 Å². The van der Waals surface area contributed by atoms with E-state index in [1.165, 1.54) is 0 Å². The van der Waals surface area contributed by atoms with Crippen molar-refractivity contribution in [3.63, 3.8) is 0 Å². The normalized spacial score (nSPS) is 13.3. The molecule has 0 aliphatic carbocycles. The van der Waals surface area contributed by atoms with E-state index >= 15 is 0 Å². The fraction of sp³-hybridized carbons (Fsp3) is 0.400. The first-order valence-electron chi connectivity index (χ1n) is 4.80. The molecule has 2 aromatic heterocycles. The van der Waals surface area contributed by atoms with Crippen LogP contribution in [0.25, 0.3) is 11.4 Å². The van der Waals surface area contributed by atoms with Gasteiger partial charge in [-0.3, -0.25) is 0 Å². The standard InChI is InChI=1S/C10H13N3OS/c1-6(2)8(11)10-12-9(13-14-10)7-3-4-15-5-7/h3-6,8H,11H2,1-2H3/t8-/m0/s1. The Morgan fingerprint density at radius 1 is 1.47 bits per heavy atom. The van der Waals surface area contributed by atoms with Gasteiger partial charge in [0, 0.05) is 10.9 Å². The van der Waals surface area contributed by atoms with Crippen molar-refractivity contribution in [1.29, 1.82) is 0 Å². The zero-order valence-corrected chi connectivity index (χ0v) is 9.49. The third-order valence-electron chi connectivity index (χ3n) is 2.22. The molecule has 1 atom stereocenters. The molecule has 4 nitrogen and oxygen atoms in total. The zero-order valence-electron chi connectivity index (χ0n) is 8.68. The Hall–Kier alpha value is -1.20. The van der Waals surface area contributed by atoms with Gasteiger partial charge in [-0.2, -0.15) is 16.3 Å². The highest BCUT2D eigenvalue weighted by molar-refractivity contribution is 7.08. The van der Waals surface area contributed by atoms with Crippen LogP contribution in [0, 0.1) is 5.92 Å². The molecule has 0 aliphatic heterocycles. The van der Waals surface area contributed by atoms with Crippen LogP contribution in [0.4, 0.5) is 0 Å². The van der Waals surface area contributed by atoms with Gasteiger partial charge in [-0.05, 0) is 17.4 Å². The molecular weight excluding hydrogens is 210 g/mol. The molecular formula is C10H13N3OS. The van der Waals surface area contributed by atoms with Crippen LogP contribution in [0.5, 0.6) is 0 Å². The minimum atomic E-state index is -0.190. The van der Waals surface area contributed by atoms with Crippen LogP contribution >= 0.6 is 11.3 Å². The van der Waals surface area contributed by atoms with E-state index in [-0.39, 0.29) is 6.04 Å². The highest BCUT2D eigenvalue weighted by Crippen LogP contribution is 2.22. The molecule has 0 unspecified atom stereocenters. The molecule has 0 bridgehead atoms. The molecule has 0 spiro atoms. The largest absolute Gasteiger partial charge is 0.337 e. The molecule has 2 aromatic rings. The maximum atomic E-state index is 5.91. The number of rotatable bonds is 3. The van der Waals surface area contributed by atoms with Gasteiger partial charge in [0.1, 0.15) is 0 Å². The SMILES string of the molecule is CC(C)[C@H](N)c1nc(-c2ccsc2)no1. The van der Waals surface area contributed by atoms with E-state index in [9.17, 15) is 0 Å². The zero-order chi connectivity index (χ0) is 10.8. The first-order chi connectivity index (χ1) is 7.18. The fourth-order valence-electron chi connectivity index (χ4n) is 1.16. The average Bonchev–Trinajstić information content (AvgIpc) is 2.86. The van der Waals surface area contributed by atoms with Gasteiger partial charge in [0.2, 0.25) is 11.7 Å². The number of thiophene rings is 1. The summed E-state index contributed by atoms with van der Waals surface area (Å²) in [6, 6.07) is 1.77. The van der Waals surface area contributed by atoms with E-state index in [4.69, 9.17) is 10.3 Å². The van der Waals surface area contributed by atoms with Gasteiger partial charge in [0.05, 0.1) is 6.04 Å². The summed E-state index contributed by atoms with van der Waals surface area (Å²) in [7, 11) is 0. The Morgan fingerprint density at radius 2 is 2.27 bits per heavy atom. The molecule has 0 amide bonds. The van der Waals surface area contributed by atoms with Gasteiger partial charge >= 0.3 is 0 Å². The average molecular weight is 223 g/mol. The van der Waals surface area contributed by atoms with E-state index in [2.05, 4.69) is 10.1 Å². The molecule has 2 heterocycles. The first-order valence-corrected chi connectivity index (χ1v) is 5.74. The van der Waals surface area contributed by atoms with Gasteiger partial charge in [-0.25, -0.2) is 0 Å². The molecule has 80 valence electrons. The minimum absolute atomic E-state index is 0.190. The van der Waals surface area contributed by atoms with Crippen LogP contribution in [0.15, 0.2) is 21.3 Å². The summed E-state index contributed by atoms with van der Waals surface area (Å²) in [6.07, 6.45) is 0. The molecule has 0 aromatic carbocycles. The summed E-state index contributed by atoms with van der Waals surface area (Å²) in [5.74, 6) is 1.41. The van der Waals surface area contributed by atoms with Gasteiger partial charge < -0.3 is 10.3 Å². The van der Waals surface area contributed by atoms with Gasteiger partial charge in [-0.1, -0.05) is 19.0 Å². The van der Waals surface area contributed by atoms with Gasteiger partial charge in [-0.15, -0.1) is 0 Å². The van der Waals surface area contributed by atoms with Crippen LogP contribution in [-0.2, 0) is 0 Å². The molecule has 5 heteroatoms. The molecule has 2 rings (SSSR count). The van der Waals surface area contributed by atoms with Crippen LogP contribution < -0.4 is 5.73 Å². The van der Waals surface area contributed by atoms with Crippen molar-refractivity contribution >= 4 is 11.3 Å². The van der Waals surface area contributed by atoms with Crippen molar-refractivity contribution in [2.24, 2.45) is 11.7 Å². The van der Waals surface area contributed by atoms with Crippen molar-refractivity contribution in [2.45, 2.75) is 19.9 Å². The van der Waals surface area contributed by atoms with Crippen molar-refractivity contribution in [3.8, 4) is 11.4 Å². The van der Waals surface area contributed by atoms with Crippen molar-refractivity contribution in [1.82, 2.24) is 10.1 Å². The van der Waals surface area contributed by atoms with Gasteiger partial charge in [0.25, 0.3) is 0 Å². The quantitative estimate of drug-likeness (QED) is 0.868. The van der Waals surface area contributed by atoms with Gasteiger partial charge in [0.15, 0.2) is 0 Å². The Labute approximate surface area is 92.1 Å². The van der Waals surface area contributed by atoms with Crippen LogP contribution in [0.3, 0.4) is 0 Å². The predicted molar refractivity (Wildman–Crippen MR) is 59.4 cm³/mol. The molecule has 0 fully saturated rings. The van der Waals surface area contributed by atoms with E-state index in [1.807, 2.05) is 30.7 Å². The van der Waals surface area contributed by atoms with Crippen LogP contribution in [0.1, 0.15) is 25.8 Å². The van der Waals surface area contributed by atoms with Crippen molar-refractivity contribution < 1.29 is 4.52 Å². The number of hydrogen-bond donors (Lipinski definition) is 1. The summed E-state index contributed by atoms with van der Waals surface area (Å²) in [5.41, 5.74) is 6.89. The number of hydrogen-bond acceptors (Lipinski definition) is 5. The number of nitrogens with zero attached hydrogens (tertiary/aromatic N) is 2. The topological polar surface area (TPSA) is 64.9 Å². The lowest BCUT2D eigenvalue weighted by Crippen LogP contribution is -2.16. The van der Waals surface area contributed by atoms with E-state index in [0.717, 1.165) is 5.56 Å². The molecule has 15 heavy (non-hydrogen) atoms. The summed E-state index contributed by atoms with van der Waals surface area (Å²) < 4.78 is 5.13. The predicted octanol–water partition coefficient (Wildman–Crippen LogP) is 2.45. The second kappa shape index (κ2) is 4.12. The Balaban J connectivity index is 2.25. The molecule has 0 radical (unpaired) electrons. The Kier molecular flexibility index (Phi) is 2.83. The number of aromatic nitrogens is 2. The van der Waals surface area contributed by atoms with Crippen LogP contribution in [-0.4, -0.2) is 10.1 Å². The summed E-state index contributed by atoms with van der Waals surface area (Å²) in [5, 5.41) is 7.86. The lowest BCUT2D eigenvalue weighted by atomic mass is 10.1. The summed E-state index contributed by atoms with van der Waals surface area (Å²) in [4.78, 5) is 4.28. The van der Waals surface area contributed by atoms with E-state index in [0.29, 0.717) is 17.6 Å². The summed E-state index contributed by atoms with van der Waals surface area (Å²) in [6.45, 7) is 4.05. The maximum Gasteiger partial charge on any atom is 0.244 e. The Bertz CT molecular complexity index is 422.